The van der Waals surface area contributed by atoms with Crippen LogP contribution >= 0.6 is 11.6 Å². The highest BCUT2D eigenvalue weighted by molar-refractivity contribution is 7.95. The van der Waals surface area contributed by atoms with Crippen molar-refractivity contribution in [2.24, 2.45) is 29.2 Å². The van der Waals surface area contributed by atoms with Gasteiger partial charge in [0.25, 0.3) is 5.91 Å². The van der Waals surface area contributed by atoms with Crippen LogP contribution in [0.5, 0.6) is 11.6 Å². The summed E-state index contributed by atoms with van der Waals surface area (Å²) in [6.45, 7) is 5.81. The largest absolute Gasteiger partial charge is 0.490 e. The Bertz CT molecular complexity index is 2020. The lowest BCUT2D eigenvalue weighted by Gasteiger charge is -2.46. The van der Waals surface area contributed by atoms with Gasteiger partial charge in [0.1, 0.15) is 11.3 Å². The number of benzene rings is 2. The lowest BCUT2D eigenvalue weighted by molar-refractivity contribution is 0.0131. The minimum atomic E-state index is -3.42. The molecule has 2 aliphatic heterocycles. The second-order valence-electron chi connectivity index (χ2n) is 15.2. The highest BCUT2D eigenvalue weighted by Crippen LogP contribution is 2.47. The topological polar surface area (TPSA) is 112 Å². The maximum Gasteiger partial charge on any atom is 0.285 e. The monoisotopic (exact) mass is 748 g/mol. The van der Waals surface area contributed by atoms with E-state index in [0.29, 0.717) is 42.7 Å². The molecule has 1 saturated carbocycles. The van der Waals surface area contributed by atoms with E-state index in [2.05, 4.69) is 38.6 Å². The molecule has 2 aromatic carbocycles. The highest BCUT2D eigenvalue weighted by Gasteiger charge is 2.44. The minimum absolute atomic E-state index is 0.0649. The van der Waals surface area contributed by atoms with Crippen LogP contribution in [-0.2, 0) is 33.3 Å². The van der Waals surface area contributed by atoms with Crippen LogP contribution in [0.2, 0.25) is 5.02 Å². The Morgan fingerprint density at radius 3 is 2.73 bits per heavy atom. The number of rotatable bonds is 5. The van der Waals surface area contributed by atoms with Crippen molar-refractivity contribution in [3.8, 4) is 11.6 Å². The molecule has 10 nitrogen and oxygen atoms in total. The Labute approximate surface area is 312 Å². The number of anilines is 1. The molecule has 0 N–H and O–H groups in total. The number of Topliss-reactive ketones (excluding diaryl/α,β-unsaturated/α-hetero) is 1. The number of methoxy groups -OCH3 is 2. The van der Waals surface area contributed by atoms with E-state index < -0.39 is 32.4 Å². The third-order valence-corrected chi connectivity index (χ3v) is 15.0. The van der Waals surface area contributed by atoms with E-state index in [1.165, 1.54) is 22.9 Å². The van der Waals surface area contributed by atoms with Crippen LogP contribution in [-0.4, -0.2) is 76.7 Å². The standard InChI is InChI=1S/C40H49ClN4O6S/c1-25-8-6-10-36(49-4)31-14-11-29(31)20-45-23-40(17-7-9-27-18-30(41)13-15-33(27)40)24-51-37-16-12-28(19-34(37)45)38(47)43-52(48,26(25)2)22-35(46)32-21-44(3)42-39(32)50-5/h6,10,12-13,15-16,18-19,21,25-26,29,31,36H,7-9,11,14,17,20,22-24H2,1-5H3/b10-6+/t25-,26+,29-,31+,36-,40-,52-/m0/s1. The SMILES string of the molecule is COc1nn(C)cc1C(=O)C[S@@]1(=O)=NC(=O)c2ccc3c(c2)N(C[C@@H]2CC[C@H]2[C@@H](OC)/C=C/C[C@H](C)[C@H]1C)C[C@@]1(CCCc2cc(Cl)ccc21)CO3. The average molecular weight is 749 g/mol. The lowest BCUT2D eigenvalue weighted by Crippen LogP contribution is -2.49. The summed E-state index contributed by atoms with van der Waals surface area (Å²) in [6.07, 6.45) is 11.4. The molecule has 1 fully saturated rings. The van der Waals surface area contributed by atoms with Crippen molar-refractivity contribution in [3.63, 3.8) is 0 Å². The Balaban J connectivity index is 1.33. The number of aromatic nitrogens is 2. The van der Waals surface area contributed by atoms with E-state index >= 15 is 4.21 Å². The second-order valence-corrected chi connectivity index (χ2v) is 18.2. The third kappa shape index (κ3) is 6.92. The molecule has 52 heavy (non-hydrogen) atoms. The van der Waals surface area contributed by atoms with Crippen molar-refractivity contribution < 1.29 is 28.0 Å². The van der Waals surface area contributed by atoms with Gasteiger partial charge in [-0.1, -0.05) is 36.7 Å². The van der Waals surface area contributed by atoms with E-state index in [0.717, 1.165) is 49.4 Å². The molecule has 7 rings (SSSR count). The van der Waals surface area contributed by atoms with E-state index in [9.17, 15) is 9.59 Å². The van der Waals surface area contributed by atoms with Gasteiger partial charge in [0.15, 0.2) is 5.78 Å². The molecule has 278 valence electrons. The Kier molecular flexibility index (Phi) is 10.3. The van der Waals surface area contributed by atoms with Gasteiger partial charge in [-0.05, 0) is 105 Å². The molecule has 7 atom stereocenters. The van der Waals surface area contributed by atoms with Crippen molar-refractivity contribution in [1.29, 1.82) is 0 Å². The molecule has 1 amide bonds. The van der Waals surface area contributed by atoms with Crippen LogP contribution in [0.4, 0.5) is 5.69 Å². The van der Waals surface area contributed by atoms with E-state index in [4.69, 9.17) is 25.8 Å². The van der Waals surface area contributed by atoms with E-state index in [-0.39, 0.29) is 28.9 Å². The van der Waals surface area contributed by atoms with E-state index in [1.54, 1.807) is 26.4 Å². The second kappa shape index (κ2) is 14.6. The number of carbonyl (C=O) groups is 2. The summed E-state index contributed by atoms with van der Waals surface area (Å²) in [4.78, 5) is 30.3. The molecule has 2 aliphatic carbocycles. The Hall–Kier alpha value is -3.67. The quantitative estimate of drug-likeness (QED) is 0.201. The fraction of sp³-hybridized carbons (Fsp3) is 0.525. The molecule has 12 heteroatoms. The number of hydrogen-bond donors (Lipinski definition) is 0. The molecule has 2 bridgehead atoms. The van der Waals surface area contributed by atoms with Gasteiger partial charge in [-0.2, -0.15) is 4.36 Å². The maximum absolute atomic E-state index is 15.0. The number of hydrogen-bond acceptors (Lipinski definition) is 8. The third-order valence-electron chi connectivity index (χ3n) is 12.0. The smallest absolute Gasteiger partial charge is 0.285 e. The first-order valence-corrected chi connectivity index (χ1v) is 20.4. The van der Waals surface area contributed by atoms with Crippen molar-refractivity contribution in [2.75, 3.05) is 44.6 Å². The number of aryl methyl sites for hydroxylation is 2. The first-order valence-electron chi connectivity index (χ1n) is 18.3. The fourth-order valence-electron chi connectivity index (χ4n) is 8.68. The number of ether oxygens (including phenoxy) is 3. The number of ketones is 1. The summed E-state index contributed by atoms with van der Waals surface area (Å²) in [5.74, 6) is -0.0710. The summed E-state index contributed by atoms with van der Waals surface area (Å²) in [5.41, 5.74) is 3.61. The van der Waals surface area contributed by atoms with Crippen LogP contribution in [0, 0.1) is 17.8 Å². The van der Waals surface area contributed by atoms with Crippen LogP contribution < -0.4 is 14.4 Å². The van der Waals surface area contributed by atoms with Crippen LogP contribution in [0.15, 0.2) is 59.1 Å². The number of fused-ring (bicyclic) bond motifs is 4. The number of nitrogens with zero attached hydrogens (tertiary/aromatic N) is 4. The fourth-order valence-corrected chi connectivity index (χ4v) is 11.1. The first-order chi connectivity index (χ1) is 24.9. The molecule has 0 saturated heterocycles. The Morgan fingerprint density at radius 2 is 1.98 bits per heavy atom. The van der Waals surface area contributed by atoms with Gasteiger partial charge >= 0.3 is 0 Å². The molecular weight excluding hydrogens is 700 g/mol. The highest BCUT2D eigenvalue weighted by atomic mass is 35.5. The number of allylic oxidation sites excluding steroid dienone is 1. The number of halogens is 1. The first kappa shape index (κ1) is 36.7. The summed E-state index contributed by atoms with van der Waals surface area (Å²) >= 11 is 6.47. The van der Waals surface area contributed by atoms with Crippen LogP contribution in [0.3, 0.4) is 0 Å². The van der Waals surface area contributed by atoms with Gasteiger partial charge in [0.05, 0.1) is 41.0 Å². The predicted molar refractivity (Wildman–Crippen MR) is 203 cm³/mol. The van der Waals surface area contributed by atoms with Crippen LogP contribution in [0.25, 0.3) is 0 Å². The van der Waals surface area contributed by atoms with Gasteiger partial charge < -0.3 is 19.1 Å². The van der Waals surface area contributed by atoms with Crippen LogP contribution in [0.1, 0.15) is 77.8 Å². The molecular formula is C40H49ClN4O6S. The molecule has 3 aromatic rings. The van der Waals surface area contributed by atoms with Gasteiger partial charge in [-0.25, -0.2) is 4.21 Å². The molecule has 0 radical (unpaired) electrons. The van der Waals surface area contributed by atoms with Gasteiger partial charge in [-0.3, -0.25) is 14.3 Å². The van der Waals surface area contributed by atoms with E-state index in [1.807, 2.05) is 32.0 Å². The molecule has 4 aliphatic rings. The summed E-state index contributed by atoms with van der Waals surface area (Å²) in [6, 6.07) is 11.6. The average Bonchev–Trinajstić information content (AvgIpc) is 3.43. The van der Waals surface area contributed by atoms with Crippen molar-refractivity contribution >= 4 is 38.7 Å². The van der Waals surface area contributed by atoms with Crippen molar-refractivity contribution in [2.45, 2.75) is 69.1 Å². The minimum Gasteiger partial charge on any atom is -0.490 e. The van der Waals surface area contributed by atoms with Gasteiger partial charge in [0, 0.05) is 54.7 Å². The summed E-state index contributed by atoms with van der Waals surface area (Å²) < 4.78 is 39.0. The Morgan fingerprint density at radius 1 is 1.15 bits per heavy atom. The zero-order chi connectivity index (χ0) is 36.8. The van der Waals surface area contributed by atoms with Gasteiger partial charge in [-0.15, -0.1) is 5.10 Å². The molecule has 1 aromatic heterocycles. The maximum atomic E-state index is 15.0. The predicted octanol–water partition coefficient (Wildman–Crippen LogP) is 7.07. The normalized spacial score (nSPS) is 30.9. The zero-order valence-corrected chi connectivity index (χ0v) is 32.3. The van der Waals surface area contributed by atoms with Crippen molar-refractivity contribution in [1.82, 2.24) is 9.78 Å². The zero-order valence-electron chi connectivity index (χ0n) is 30.7. The number of carbonyl (C=O) groups excluding carboxylic acids is 2. The number of amides is 1. The molecule has 3 heterocycles. The lowest BCUT2D eigenvalue weighted by atomic mass is 9.68. The molecule has 0 unspecified atom stereocenters. The summed E-state index contributed by atoms with van der Waals surface area (Å²) in [7, 11) is 1.47. The van der Waals surface area contributed by atoms with Gasteiger partial charge in [0.2, 0.25) is 5.88 Å². The van der Waals surface area contributed by atoms with Crippen molar-refractivity contribution in [3.05, 3.63) is 82.0 Å². The molecule has 1 spiro atoms. The summed E-state index contributed by atoms with van der Waals surface area (Å²) in [5, 5.41) is 4.36.